The summed E-state index contributed by atoms with van der Waals surface area (Å²) in [6.45, 7) is 6.76. The minimum absolute atomic E-state index is 0.489. The molecule has 0 bridgehead atoms. The average molecular weight is 247 g/mol. The molecular weight excluding hydrogens is 230 g/mol. The number of nitrogens with zero attached hydrogens (tertiary/aromatic N) is 2. The molecule has 1 N–H and O–H groups in total. The van der Waals surface area contributed by atoms with E-state index >= 15 is 0 Å². The first-order chi connectivity index (χ1) is 8.34. The standard InChI is InChI=1S/C13H17N3S/c1-10(16-6-4-14-5-7-16)11-2-3-13-12(8-11)15-9-17-13/h2-3,8-10,14H,4-7H2,1H3/t10-/m1/s1. The van der Waals surface area contributed by atoms with Crippen LogP contribution < -0.4 is 5.32 Å². The van der Waals surface area contributed by atoms with Gasteiger partial charge in [0.15, 0.2) is 0 Å². The third kappa shape index (κ3) is 2.20. The van der Waals surface area contributed by atoms with E-state index in [0.29, 0.717) is 6.04 Å². The minimum Gasteiger partial charge on any atom is -0.314 e. The highest BCUT2D eigenvalue weighted by Gasteiger charge is 2.18. The minimum atomic E-state index is 0.489. The molecule has 17 heavy (non-hydrogen) atoms. The van der Waals surface area contributed by atoms with Crippen molar-refractivity contribution in [3.05, 3.63) is 29.3 Å². The van der Waals surface area contributed by atoms with Gasteiger partial charge in [0.2, 0.25) is 0 Å². The Hall–Kier alpha value is -0.970. The Bertz CT molecular complexity index is 502. The Morgan fingerprint density at radius 3 is 3.00 bits per heavy atom. The van der Waals surface area contributed by atoms with Crippen molar-refractivity contribution in [1.29, 1.82) is 0 Å². The smallest absolute Gasteiger partial charge is 0.0815 e. The zero-order valence-corrected chi connectivity index (χ0v) is 10.8. The van der Waals surface area contributed by atoms with E-state index in [0.717, 1.165) is 31.7 Å². The van der Waals surface area contributed by atoms with Crippen LogP contribution in [0.2, 0.25) is 0 Å². The number of rotatable bonds is 2. The van der Waals surface area contributed by atoms with Crippen LogP contribution in [-0.2, 0) is 0 Å². The summed E-state index contributed by atoms with van der Waals surface area (Å²) in [6.07, 6.45) is 0. The van der Waals surface area contributed by atoms with E-state index in [1.165, 1.54) is 10.3 Å². The van der Waals surface area contributed by atoms with E-state index in [9.17, 15) is 0 Å². The summed E-state index contributed by atoms with van der Waals surface area (Å²) < 4.78 is 1.28. The van der Waals surface area contributed by atoms with E-state index in [4.69, 9.17) is 0 Å². The maximum absolute atomic E-state index is 4.39. The maximum atomic E-state index is 4.39. The van der Waals surface area contributed by atoms with Crippen LogP contribution in [0.5, 0.6) is 0 Å². The Morgan fingerprint density at radius 1 is 1.35 bits per heavy atom. The van der Waals surface area contributed by atoms with E-state index < -0.39 is 0 Å². The highest BCUT2D eigenvalue weighted by atomic mass is 32.1. The van der Waals surface area contributed by atoms with Gasteiger partial charge < -0.3 is 5.32 Å². The van der Waals surface area contributed by atoms with E-state index in [2.05, 4.69) is 40.3 Å². The third-order valence-corrected chi connectivity index (χ3v) is 4.35. The molecule has 1 saturated heterocycles. The molecule has 0 radical (unpaired) electrons. The number of hydrogen-bond acceptors (Lipinski definition) is 4. The molecule has 2 heterocycles. The third-order valence-electron chi connectivity index (χ3n) is 3.54. The number of fused-ring (bicyclic) bond motifs is 1. The van der Waals surface area contributed by atoms with Crippen molar-refractivity contribution in [3.8, 4) is 0 Å². The molecule has 0 aliphatic carbocycles. The highest BCUT2D eigenvalue weighted by Crippen LogP contribution is 2.25. The van der Waals surface area contributed by atoms with E-state index in [1.807, 2.05) is 5.51 Å². The molecular formula is C13H17N3S. The summed E-state index contributed by atoms with van der Waals surface area (Å²) in [4.78, 5) is 6.93. The lowest BCUT2D eigenvalue weighted by Gasteiger charge is -2.33. The number of nitrogens with one attached hydrogen (secondary N) is 1. The second-order valence-corrected chi connectivity index (χ2v) is 5.43. The first-order valence-electron chi connectivity index (χ1n) is 6.12. The van der Waals surface area contributed by atoms with Crippen LogP contribution in [0.15, 0.2) is 23.7 Å². The molecule has 0 spiro atoms. The summed E-state index contributed by atoms with van der Waals surface area (Å²) in [5.41, 5.74) is 4.43. The summed E-state index contributed by atoms with van der Waals surface area (Å²) in [5.74, 6) is 0. The summed E-state index contributed by atoms with van der Waals surface area (Å²) >= 11 is 1.71. The zero-order chi connectivity index (χ0) is 11.7. The van der Waals surface area contributed by atoms with Crippen LogP contribution in [0.3, 0.4) is 0 Å². The molecule has 1 fully saturated rings. The summed E-state index contributed by atoms with van der Waals surface area (Å²) in [6, 6.07) is 7.16. The van der Waals surface area contributed by atoms with Crippen LogP contribution in [0, 0.1) is 0 Å². The van der Waals surface area contributed by atoms with Crippen molar-refractivity contribution >= 4 is 21.6 Å². The van der Waals surface area contributed by atoms with Gasteiger partial charge in [-0.2, -0.15) is 0 Å². The molecule has 1 aliphatic rings. The fourth-order valence-electron chi connectivity index (χ4n) is 2.41. The summed E-state index contributed by atoms with van der Waals surface area (Å²) in [5, 5.41) is 3.39. The predicted molar refractivity (Wildman–Crippen MR) is 72.5 cm³/mol. The molecule has 90 valence electrons. The van der Waals surface area contributed by atoms with Gasteiger partial charge in [0, 0.05) is 32.2 Å². The topological polar surface area (TPSA) is 28.2 Å². The lowest BCUT2D eigenvalue weighted by atomic mass is 10.1. The van der Waals surface area contributed by atoms with Crippen LogP contribution in [-0.4, -0.2) is 36.1 Å². The SMILES string of the molecule is C[C@H](c1ccc2scnc2c1)N1CCNCC1. The molecule has 0 unspecified atom stereocenters. The van der Waals surface area contributed by atoms with Gasteiger partial charge in [-0.25, -0.2) is 4.98 Å². The first-order valence-corrected chi connectivity index (χ1v) is 7.00. The molecule has 4 heteroatoms. The number of aromatic nitrogens is 1. The van der Waals surface area contributed by atoms with E-state index in [-0.39, 0.29) is 0 Å². The number of thiazole rings is 1. The van der Waals surface area contributed by atoms with Gasteiger partial charge in [-0.3, -0.25) is 4.90 Å². The predicted octanol–water partition coefficient (Wildman–Crippen LogP) is 2.26. The van der Waals surface area contributed by atoms with Crippen molar-refractivity contribution in [2.45, 2.75) is 13.0 Å². The number of piperazine rings is 1. The maximum Gasteiger partial charge on any atom is 0.0815 e. The van der Waals surface area contributed by atoms with Crippen LogP contribution >= 0.6 is 11.3 Å². The second-order valence-electron chi connectivity index (χ2n) is 4.54. The van der Waals surface area contributed by atoms with Crippen molar-refractivity contribution < 1.29 is 0 Å². The molecule has 1 aromatic heterocycles. The van der Waals surface area contributed by atoms with Gasteiger partial charge >= 0.3 is 0 Å². The van der Waals surface area contributed by atoms with E-state index in [1.54, 1.807) is 11.3 Å². The Kier molecular flexibility index (Phi) is 3.09. The lowest BCUT2D eigenvalue weighted by Crippen LogP contribution is -2.44. The van der Waals surface area contributed by atoms with Crippen molar-refractivity contribution in [1.82, 2.24) is 15.2 Å². The number of hydrogen-bond donors (Lipinski definition) is 1. The molecule has 0 saturated carbocycles. The molecule has 1 aromatic carbocycles. The van der Waals surface area contributed by atoms with Crippen molar-refractivity contribution in [2.24, 2.45) is 0 Å². The average Bonchev–Trinajstić information content (AvgIpc) is 2.86. The quantitative estimate of drug-likeness (QED) is 0.882. The van der Waals surface area contributed by atoms with Gasteiger partial charge in [-0.15, -0.1) is 11.3 Å². The summed E-state index contributed by atoms with van der Waals surface area (Å²) in [7, 11) is 0. The van der Waals surface area contributed by atoms with Gasteiger partial charge in [0.1, 0.15) is 0 Å². The molecule has 1 aliphatic heterocycles. The fraction of sp³-hybridized carbons (Fsp3) is 0.462. The highest BCUT2D eigenvalue weighted by molar-refractivity contribution is 7.16. The van der Waals surface area contributed by atoms with Crippen molar-refractivity contribution in [2.75, 3.05) is 26.2 Å². The monoisotopic (exact) mass is 247 g/mol. The normalized spacial score (nSPS) is 19.6. The zero-order valence-electron chi connectivity index (χ0n) is 10.0. The Morgan fingerprint density at radius 2 is 2.18 bits per heavy atom. The fourth-order valence-corrected chi connectivity index (χ4v) is 3.07. The molecule has 1 atom stereocenters. The van der Waals surface area contributed by atoms with Crippen molar-refractivity contribution in [3.63, 3.8) is 0 Å². The second kappa shape index (κ2) is 4.72. The van der Waals surface area contributed by atoms with Crippen LogP contribution in [0.1, 0.15) is 18.5 Å². The van der Waals surface area contributed by atoms with Gasteiger partial charge in [0.25, 0.3) is 0 Å². The Labute approximate surface area is 105 Å². The van der Waals surface area contributed by atoms with Gasteiger partial charge in [0.05, 0.1) is 15.7 Å². The van der Waals surface area contributed by atoms with Gasteiger partial charge in [-0.1, -0.05) is 6.07 Å². The first kappa shape index (κ1) is 11.1. The lowest BCUT2D eigenvalue weighted by molar-refractivity contribution is 0.185. The van der Waals surface area contributed by atoms with Crippen LogP contribution in [0.25, 0.3) is 10.2 Å². The molecule has 2 aromatic rings. The molecule has 3 rings (SSSR count). The molecule has 0 amide bonds. The van der Waals surface area contributed by atoms with Crippen LogP contribution in [0.4, 0.5) is 0 Å². The number of benzene rings is 1. The Balaban J connectivity index is 1.86. The van der Waals surface area contributed by atoms with Gasteiger partial charge in [-0.05, 0) is 24.6 Å². The largest absolute Gasteiger partial charge is 0.314 e. The molecule has 3 nitrogen and oxygen atoms in total.